The summed E-state index contributed by atoms with van der Waals surface area (Å²) in [5.74, 6) is -0.187. The molecule has 0 fully saturated rings. The van der Waals surface area contributed by atoms with E-state index in [1.165, 1.54) is 119 Å². The third kappa shape index (κ3) is 25.0. The number of hydrogen-bond donors (Lipinski definition) is 3. The second-order valence-corrected chi connectivity index (χ2v) is 16.9. The van der Waals surface area contributed by atoms with Gasteiger partial charge in [-0.2, -0.15) is 0 Å². The van der Waals surface area contributed by atoms with Gasteiger partial charge in [-0.05, 0) is 104 Å². The number of ketones is 3. The molecular formula is C45H56CoO6P2. The average molecular weight is 814 g/mol. The van der Waals surface area contributed by atoms with Gasteiger partial charge in [0.2, 0.25) is 0 Å². The van der Waals surface area contributed by atoms with Crippen molar-refractivity contribution in [1.29, 1.82) is 0 Å². The van der Waals surface area contributed by atoms with Gasteiger partial charge in [0.1, 0.15) is 0 Å². The van der Waals surface area contributed by atoms with Crippen LogP contribution in [0.1, 0.15) is 67.2 Å². The van der Waals surface area contributed by atoms with Crippen molar-refractivity contribution in [3.8, 4) is 0 Å². The Kier molecular flexibility index (Phi) is 27.9. The molecule has 4 aromatic rings. The van der Waals surface area contributed by atoms with Crippen LogP contribution in [-0.4, -0.2) is 45.0 Å². The van der Waals surface area contributed by atoms with Crippen LogP contribution in [0.2, 0.25) is 0 Å². The molecule has 0 spiro atoms. The molecule has 0 atom stereocenters. The molecule has 4 aromatic carbocycles. The fourth-order valence-electron chi connectivity index (χ4n) is 5.02. The fraction of sp³-hybridized carbons (Fsp3) is 0.267. The Morgan fingerprint density at radius 3 is 0.759 bits per heavy atom. The molecule has 54 heavy (non-hydrogen) atoms. The molecule has 1 radical (unpaired) electrons. The van der Waals surface area contributed by atoms with Crippen LogP contribution in [0.25, 0.3) is 0 Å². The maximum absolute atomic E-state index is 10.0. The first-order chi connectivity index (χ1) is 25.3. The summed E-state index contributed by atoms with van der Waals surface area (Å²) in [6, 6.07) is 44.5. The second kappa shape index (κ2) is 30.2. The second-order valence-electron chi connectivity index (χ2n) is 12.2. The van der Waals surface area contributed by atoms with E-state index < -0.39 is 0 Å². The van der Waals surface area contributed by atoms with E-state index in [1.54, 1.807) is 0 Å². The van der Waals surface area contributed by atoms with E-state index in [2.05, 4.69) is 121 Å². The van der Waals surface area contributed by atoms with Crippen molar-refractivity contribution in [1.82, 2.24) is 0 Å². The molecule has 291 valence electrons. The summed E-state index contributed by atoms with van der Waals surface area (Å²) in [6.45, 7) is 8.54. The molecule has 0 unspecified atom stereocenters. The van der Waals surface area contributed by atoms with Crippen molar-refractivity contribution in [2.45, 2.75) is 67.2 Å². The van der Waals surface area contributed by atoms with Gasteiger partial charge < -0.3 is 15.3 Å². The van der Waals surface area contributed by atoms with Crippen LogP contribution in [0.5, 0.6) is 0 Å². The minimum atomic E-state index is -0.252. The first-order valence-corrected chi connectivity index (χ1v) is 20.7. The number of rotatable bonds is 14. The number of allylic oxidation sites excluding steroid dienone is 6. The Bertz CT molecular complexity index is 1470. The molecule has 0 amide bonds. The van der Waals surface area contributed by atoms with Gasteiger partial charge in [0, 0.05) is 35.0 Å². The minimum absolute atomic E-state index is 0. The van der Waals surface area contributed by atoms with Crippen LogP contribution in [0.4, 0.5) is 0 Å². The standard InChI is InChI=1S/C30H32P2.3C5H8O2.Co/c1(15-25-31(27-17-7-3-8-18-27)28-19-9-4-10-20-28)2-16-26-32(29-21-11-5-12-22-29)30-23-13-6-14-24-30;3*1-4(6)3-5(2)7;/h3-14,17-24H,1-2,15-16,25-26H2;3*3,6H,1-2H3;/b;3*4-3-;. The van der Waals surface area contributed by atoms with E-state index in [1.807, 2.05) is 0 Å². The zero-order valence-electron chi connectivity index (χ0n) is 32.3. The number of benzene rings is 4. The third-order valence-electron chi connectivity index (χ3n) is 7.02. The van der Waals surface area contributed by atoms with Crippen molar-refractivity contribution >= 4 is 54.4 Å². The average Bonchev–Trinajstić information content (AvgIpc) is 3.10. The fourth-order valence-corrected chi connectivity index (χ4v) is 9.86. The van der Waals surface area contributed by atoms with E-state index in [9.17, 15) is 14.4 Å². The number of carbonyl (C=O) groups is 3. The smallest absolute Gasteiger partial charge is 0.155 e. The molecule has 6 nitrogen and oxygen atoms in total. The topological polar surface area (TPSA) is 112 Å². The molecule has 9 heteroatoms. The molecule has 0 bridgehead atoms. The molecule has 0 saturated carbocycles. The molecule has 0 aliphatic heterocycles. The van der Waals surface area contributed by atoms with Crippen LogP contribution in [0, 0.1) is 0 Å². The van der Waals surface area contributed by atoms with Gasteiger partial charge in [-0.1, -0.05) is 134 Å². The van der Waals surface area contributed by atoms with Gasteiger partial charge in [-0.3, -0.25) is 14.4 Å². The summed E-state index contributed by atoms with van der Waals surface area (Å²) in [5, 5.41) is 31.1. The summed E-state index contributed by atoms with van der Waals surface area (Å²) < 4.78 is 0. The maximum atomic E-state index is 10.0. The molecule has 4 rings (SSSR count). The Labute approximate surface area is 335 Å². The molecule has 0 aromatic heterocycles. The zero-order valence-corrected chi connectivity index (χ0v) is 35.1. The monoisotopic (exact) mass is 813 g/mol. The van der Waals surface area contributed by atoms with Gasteiger partial charge in [0.15, 0.2) is 17.3 Å². The summed E-state index contributed by atoms with van der Waals surface area (Å²) in [5.41, 5.74) is 0. The Morgan fingerprint density at radius 2 is 0.611 bits per heavy atom. The molecule has 0 heterocycles. The molecule has 3 N–H and O–H groups in total. The summed E-state index contributed by atoms with van der Waals surface area (Å²) in [7, 11) is -0.505. The van der Waals surface area contributed by atoms with Crippen LogP contribution in [0.3, 0.4) is 0 Å². The largest absolute Gasteiger partial charge is 0.512 e. The van der Waals surface area contributed by atoms with E-state index in [4.69, 9.17) is 15.3 Å². The number of hydrogen-bond acceptors (Lipinski definition) is 6. The quantitative estimate of drug-likeness (QED) is 0.0506. The van der Waals surface area contributed by atoms with Gasteiger partial charge in [-0.25, -0.2) is 0 Å². The van der Waals surface area contributed by atoms with E-state index in [0.29, 0.717) is 0 Å². The number of aliphatic hydroxyl groups is 3. The number of carbonyl (C=O) groups excluding carboxylic acids is 3. The van der Waals surface area contributed by atoms with Gasteiger partial charge in [-0.15, -0.1) is 0 Å². The number of aliphatic hydroxyl groups excluding tert-OH is 3. The summed E-state index contributed by atoms with van der Waals surface area (Å²) >= 11 is 0. The van der Waals surface area contributed by atoms with Crippen LogP contribution in [0.15, 0.2) is 157 Å². The van der Waals surface area contributed by atoms with Crippen molar-refractivity contribution in [2.24, 2.45) is 0 Å². The maximum Gasteiger partial charge on any atom is 0.155 e. The molecule has 0 aliphatic rings. The normalized spacial score (nSPS) is 11.1. The third-order valence-corrected chi connectivity index (χ3v) is 12.2. The Hall–Kier alpha value is -4.12. The van der Waals surface area contributed by atoms with E-state index in [0.717, 1.165) is 0 Å². The van der Waals surface area contributed by atoms with Crippen molar-refractivity contribution in [3.05, 3.63) is 157 Å². The van der Waals surface area contributed by atoms with Crippen LogP contribution < -0.4 is 21.2 Å². The van der Waals surface area contributed by atoms with E-state index in [-0.39, 0.29) is 67.2 Å². The number of unbranched alkanes of at least 4 members (excludes halogenated alkanes) is 3. The molecule has 0 aliphatic carbocycles. The summed E-state index contributed by atoms with van der Waals surface area (Å²) in [4.78, 5) is 30.1. The van der Waals surface area contributed by atoms with Crippen molar-refractivity contribution < 1.29 is 46.5 Å². The predicted molar refractivity (Wildman–Crippen MR) is 228 cm³/mol. The van der Waals surface area contributed by atoms with Gasteiger partial charge in [0.25, 0.3) is 0 Å². The van der Waals surface area contributed by atoms with Crippen molar-refractivity contribution in [2.75, 3.05) is 12.3 Å². The van der Waals surface area contributed by atoms with Crippen molar-refractivity contribution in [3.63, 3.8) is 0 Å². The van der Waals surface area contributed by atoms with Gasteiger partial charge >= 0.3 is 0 Å². The first kappa shape index (κ1) is 49.9. The Balaban J connectivity index is 0.00000105. The summed E-state index contributed by atoms with van der Waals surface area (Å²) in [6.07, 6.45) is 11.3. The minimum Gasteiger partial charge on any atom is -0.512 e. The Morgan fingerprint density at radius 1 is 0.407 bits per heavy atom. The van der Waals surface area contributed by atoms with Gasteiger partial charge in [0.05, 0.1) is 17.3 Å². The first-order valence-electron chi connectivity index (χ1n) is 17.7. The predicted octanol–water partition coefficient (Wildman–Crippen LogP) is 9.92. The van der Waals surface area contributed by atoms with E-state index >= 15 is 0 Å². The van der Waals surface area contributed by atoms with Crippen LogP contribution >= 0.6 is 15.8 Å². The zero-order chi connectivity index (χ0) is 39.4. The SMILES string of the molecule is CC(=O)/C=C(/C)O.CC(=O)/C=C(/C)O.CC(=O)/C=C(/C)O.[Co].c1ccc(P(CCCCCCP(c2ccccc2)c2ccccc2)c2ccccc2)cc1. The molecule has 0 saturated heterocycles. The molecular weight excluding hydrogens is 757 g/mol. The van der Waals surface area contributed by atoms with Crippen LogP contribution in [-0.2, 0) is 31.2 Å².